The lowest BCUT2D eigenvalue weighted by atomic mass is 10.0. The van der Waals surface area contributed by atoms with Gasteiger partial charge in [0.2, 0.25) is 0 Å². The Kier molecular flexibility index (Phi) is 5.52. The Hall–Kier alpha value is -3.99. The number of benzene rings is 3. The van der Waals surface area contributed by atoms with Gasteiger partial charge in [0.05, 0.1) is 11.9 Å². The minimum Gasteiger partial charge on any atom is -0.272 e. The lowest BCUT2D eigenvalue weighted by Gasteiger charge is -2.02. The van der Waals surface area contributed by atoms with Crippen LogP contribution in [0.15, 0.2) is 84.0 Å². The summed E-state index contributed by atoms with van der Waals surface area (Å²) in [4.78, 5) is 12.3. The molecule has 0 bridgehead atoms. The van der Waals surface area contributed by atoms with Crippen molar-refractivity contribution in [3.8, 4) is 22.4 Å². The number of rotatable bonds is 5. The highest BCUT2D eigenvalue weighted by molar-refractivity contribution is 5.94. The number of carbonyl (C=O) groups excluding carboxylic acids is 1. The molecule has 1 amide bonds. The number of aromatic amines is 1. The largest absolute Gasteiger partial charge is 0.289 e. The van der Waals surface area contributed by atoms with Gasteiger partial charge in [0.15, 0.2) is 0 Å². The van der Waals surface area contributed by atoms with E-state index in [1.165, 1.54) is 11.1 Å². The van der Waals surface area contributed by atoms with Crippen molar-refractivity contribution >= 4 is 12.1 Å². The zero-order valence-corrected chi connectivity index (χ0v) is 16.9. The Morgan fingerprint density at radius 2 is 1.57 bits per heavy atom. The summed E-state index contributed by atoms with van der Waals surface area (Å²) in [5.41, 5.74) is 10.2. The number of hydrogen-bond acceptors (Lipinski definition) is 3. The van der Waals surface area contributed by atoms with E-state index in [-0.39, 0.29) is 5.91 Å². The Morgan fingerprint density at radius 3 is 2.30 bits per heavy atom. The third-order valence-corrected chi connectivity index (χ3v) is 5.02. The van der Waals surface area contributed by atoms with Gasteiger partial charge in [-0.2, -0.15) is 10.2 Å². The third-order valence-electron chi connectivity index (χ3n) is 5.02. The third kappa shape index (κ3) is 4.36. The maximum Gasteiger partial charge on any atom is 0.289 e. The molecule has 0 aliphatic carbocycles. The Balaban J connectivity index is 1.39. The quantitative estimate of drug-likeness (QED) is 0.364. The standard InChI is InChI=1S/C25H22N4O/c1-17-8-11-22(14-18(17)2)23-15-24(28-27-23)25(30)29-26-16-19-9-12-21(13-10-19)20-6-4-3-5-7-20/h3-16H,1-2H3,(H,27,28)(H,29,30). The van der Waals surface area contributed by atoms with Gasteiger partial charge in [0.1, 0.15) is 5.69 Å². The van der Waals surface area contributed by atoms with Crippen LogP contribution < -0.4 is 5.43 Å². The lowest BCUT2D eigenvalue weighted by Crippen LogP contribution is -2.17. The first-order chi connectivity index (χ1) is 14.6. The number of amides is 1. The molecule has 0 saturated heterocycles. The van der Waals surface area contributed by atoms with Crippen molar-refractivity contribution in [2.75, 3.05) is 0 Å². The molecule has 0 spiro atoms. The molecule has 0 atom stereocenters. The average Bonchev–Trinajstić information content (AvgIpc) is 3.27. The molecule has 0 unspecified atom stereocenters. The molecule has 0 fully saturated rings. The summed E-state index contributed by atoms with van der Waals surface area (Å²) >= 11 is 0. The summed E-state index contributed by atoms with van der Waals surface area (Å²) in [6.07, 6.45) is 1.62. The van der Waals surface area contributed by atoms with Crippen LogP contribution in [-0.2, 0) is 0 Å². The predicted octanol–water partition coefficient (Wildman–Crippen LogP) is 5.12. The maximum absolute atomic E-state index is 12.3. The lowest BCUT2D eigenvalue weighted by molar-refractivity contribution is 0.0950. The molecule has 148 valence electrons. The summed E-state index contributed by atoms with van der Waals surface area (Å²) in [5, 5.41) is 11.1. The molecular weight excluding hydrogens is 372 g/mol. The van der Waals surface area contributed by atoms with E-state index in [1.54, 1.807) is 12.3 Å². The molecule has 4 aromatic rings. The molecule has 5 heteroatoms. The molecule has 0 aliphatic rings. The highest BCUT2D eigenvalue weighted by atomic mass is 16.2. The van der Waals surface area contributed by atoms with E-state index < -0.39 is 0 Å². The van der Waals surface area contributed by atoms with Crippen LogP contribution in [0.25, 0.3) is 22.4 Å². The monoisotopic (exact) mass is 394 g/mol. The van der Waals surface area contributed by atoms with E-state index in [2.05, 4.69) is 52.8 Å². The van der Waals surface area contributed by atoms with Gasteiger partial charge in [-0.25, -0.2) is 5.43 Å². The van der Waals surface area contributed by atoms with E-state index in [9.17, 15) is 4.79 Å². The van der Waals surface area contributed by atoms with Crippen molar-refractivity contribution < 1.29 is 4.79 Å². The Bertz CT molecular complexity index is 1190. The molecule has 1 heterocycles. The molecule has 30 heavy (non-hydrogen) atoms. The summed E-state index contributed by atoms with van der Waals surface area (Å²) in [6.45, 7) is 4.12. The fraction of sp³-hybridized carbons (Fsp3) is 0.0800. The Labute approximate surface area is 175 Å². The first-order valence-corrected chi connectivity index (χ1v) is 9.72. The molecule has 0 radical (unpaired) electrons. The van der Waals surface area contributed by atoms with Crippen molar-refractivity contribution in [3.05, 3.63) is 101 Å². The van der Waals surface area contributed by atoms with Crippen LogP contribution in [0.5, 0.6) is 0 Å². The van der Waals surface area contributed by atoms with Gasteiger partial charge < -0.3 is 0 Å². The van der Waals surface area contributed by atoms with Crippen LogP contribution in [0.2, 0.25) is 0 Å². The normalized spacial score (nSPS) is 11.0. The van der Waals surface area contributed by atoms with E-state index in [0.29, 0.717) is 5.69 Å². The first-order valence-electron chi connectivity index (χ1n) is 9.72. The maximum atomic E-state index is 12.3. The van der Waals surface area contributed by atoms with E-state index in [1.807, 2.05) is 54.6 Å². The summed E-state index contributed by atoms with van der Waals surface area (Å²) in [7, 11) is 0. The number of hydrogen-bond donors (Lipinski definition) is 2. The molecule has 2 N–H and O–H groups in total. The SMILES string of the molecule is Cc1ccc(-c2cc(C(=O)NN=Cc3ccc(-c4ccccc4)cc3)[nH]n2)cc1C. The number of nitrogens with zero attached hydrogens (tertiary/aromatic N) is 2. The zero-order chi connectivity index (χ0) is 20.9. The van der Waals surface area contributed by atoms with Crippen LogP contribution in [0.3, 0.4) is 0 Å². The van der Waals surface area contributed by atoms with E-state index >= 15 is 0 Å². The second kappa shape index (κ2) is 8.57. The van der Waals surface area contributed by atoms with Gasteiger partial charge in [-0.3, -0.25) is 9.89 Å². The van der Waals surface area contributed by atoms with Crippen molar-refractivity contribution in [3.63, 3.8) is 0 Å². The van der Waals surface area contributed by atoms with Gasteiger partial charge >= 0.3 is 0 Å². The van der Waals surface area contributed by atoms with Gasteiger partial charge in [0.25, 0.3) is 5.91 Å². The number of H-pyrrole nitrogens is 1. The minimum atomic E-state index is -0.338. The second-order valence-electron chi connectivity index (χ2n) is 7.15. The molecular formula is C25H22N4O. The number of aryl methyl sites for hydroxylation is 2. The second-order valence-corrected chi connectivity index (χ2v) is 7.15. The van der Waals surface area contributed by atoms with E-state index in [4.69, 9.17) is 0 Å². The molecule has 0 aliphatic heterocycles. The van der Waals surface area contributed by atoms with E-state index in [0.717, 1.165) is 27.9 Å². The molecule has 0 saturated carbocycles. The highest BCUT2D eigenvalue weighted by Crippen LogP contribution is 2.21. The topological polar surface area (TPSA) is 70.1 Å². The minimum absolute atomic E-state index is 0.338. The van der Waals surface area contributed by atoms with Gasteiger partial charge in [-0.15, -0.1) is 0 Å². The van der Waals surface area contributed by atoms with Gasteiger partial charge in [-0.1, -0.05) is 66.7 Å². The average molecular weight is 394 g/mol. The molecule has 3 aromatic carbocycles. The Morgan fingerprint density at radius 1 is 0.867 bits per heavy atom. The van der Waals surface area contributed by atoms with Gasteiger partial charge in [-0.05, 0) is 53.8 Å². The fourth-order valence-electron chi connectivity index (χ4n) is 3.10. The molecule has 1 aromatic heterocycles. The van der Waals surface area contributed by atoms with Crippen LogP contribution >= 0.6 is 0 Å². The summed E-state index contributed by atoms with van der Waals surface area (Å²) in [6, 6.07) is 26.0. The van der Waals surface area contributed by atoms with Crippen LogP contribution in [0.4, 0.5) is 0 Å². The van der Waals surface area contributed by atoms with Crippen LogP contribution in [-0.4, -0.2) is 22.3 Å². The summed E-state index contributed by atoms with van der Waals surface area (Å²) < 4.78 is 0. The summed E-state index contributed by atoms with van der Waals surface area (Å²) in [5.74, 6) is -0.338. The number of nitrogens with one attached hydrogen (secondary N) is 2. The van der Waals surface area contributed by atoms with Crippen LogP contribution in [0, 0.1) is 13.8 Å². The molecule has 4 rings (SSSR count). The van der Waals surface area contributed by atoms with Crippen molar-refractivity contribution in [2.45, 2.75) is 13.8 Å². The van der Waals surface area contributed by atoms with Crippen molar-refractivity contribution in [1.29, 1.82) is 0 Å². The highest BCUT2D eigenvalue weighted by Gasteiger charge is 2.11. The fourth-order valence-corrected chi connectivity index (χ4v) is 3.10. The van der Waals surface area contributed by atoms with Gasteiger partial charge in [0, 0.05) is 5.56 Å². The molecule has 5 nitrogen and oxygen atoms in total. The van der Waals surface area contributed by atoms with Crippen molar-refractivity contribution in [1.82, 2.24) is 15.6 Å². The number of carbonyl (C=O) groups is 1. The first kappa shape index (κ1) is 19.3. The van der Waals surface area contributed by atoms with Crippen LogP contribution in [0.1, 0.15) is 27.2 Å². The number of hydrazone groups is 1. The predicted molar refractivity (Wildman–Crippen MR) is 120 cm³/mol. The van der Waals surface area contributed by atoms with Crippen molar-refractivity contribution in [2.24, 2.45) is 5.10 Å². The number of aromatic nitrogens is 2. The smallest absolute Gasteiger partial charge is 0.272 e. The zero-order valence-electron chi connectivity index (χ0n) is 16.9.